The first-order chi connectivity index (χ1) is 6.27. The summed E-state index contributed by atoms with van der Waals surface area (Å²) in [6, 6.07) is 0. The Kier molecular flexibility index (Phi) is 4.03. The molecule has 0 fully saturated rings. The maximum absolute atomic E-state index is 5.25. The van der Waals surface area contributed by atoms with Gasteiger partial charge in [0.2, 0.25) is 0 Å². The first kappa shape index (κ1) is 10.3. The first-order valence-electron chi connectivity index (χ1n) is 5.08. The van der Waals surface area contributed by atoms with Gasteiger partial charge < -0.3 is 5.43 Å². The van der Waals surface area contributed by atoms with E-state index in [2.05, 4.69) is 25.3 Å². The number of allylic oxidation sites excluding steroid dienone is 3. The van der Waals surface area contributed by atoms with Crippen LogP contribution in [0.15, 0.2) is 23.4 Å². The van der Waals surface area contributed by atoms with E-state index in [-0.39, 0.29) is 0 Å². The number of nitrogens with two attached hydrogens (primary N) is 1. The van der Waals surface area contributed by atoms with Gasteiger partial charge >= 0.3 is 0 Å². The highest BCUT2D eigenvalue weighted by atomic mass is 15.2. The van der Waals surface area contributed by atoms with Gasteiger partial charge in [-0.2, -0.15) is 0 Å². The number of hydrogen-bond acceptors (Lipinski definition) is 2. The van der Waals surface area contributed by atoms with Crippen molar-refractivity contribution in [3.63, 3.8) is 0 Å². The summed E-state index contributed by atoms with van der Waals surface area (Å²) in [5.74, 6) is 5.95. The highest BCUT2D eigenvalue weighted by molar-refractivity contribution is 5.13. The zero-order valence-electron chi connectivity index (χ0n) is 8.64. The van der Waals surface area contributed by atoms with Crippen LogP contribution in [-0.4, -0.2) is 0 Å². The highest BCUT2D eigenvalue weighted by Crippen LogP contribution is 2.29. The Hall–Kier alpha value is -0.760. The lowest BCUT2D eigenvalue weighted by Crippen LogP contribution is -2.16. The van der Waals surface area contributed by atoms with Crippen LogP contribution in [0.2, 0.25) is 0 Å². The van der Waals surface area contributed by atoms with Gasteiger partial charge in [0.05, 0.1) is 0 Å². The third kappa shape index (κ3) is 2.88. The quantitative estimate of drug-likeness (QED) is 0.398. The summed E-state index contributed by atoms with van der Waals surface area (Å²) in [5.41, 5.74) is 5.59. The molecule has 0 spiro atoms. The predicted octanol–water partition coefficient (Wildman–Crippen LogP) is 2.49. The van der Waals surface area contributed by atoms with Gasteiger partial charge in [-0.25, -0.2) is 0 Å². The van der Waals surface area contributed by atoms with Crippen LogP contribution >= 0.6 is 0 Å². The number of nitrogens with one attached hydrogen (secondary N) is 1. The van der Waals surface area contributed by atoms with E-state index in [0.29, 0.717) is 5.92 Å². The average Bonchev–Trinajstić information content (AvgIpc) is 2.18. The molecule has 1 unspecified atom stereocenters. The number of hydrogen-bond donors (Lipinski definition) is 2. The normalized spacial score (nSPS) is 24.1. The van der Waals surface area contributed by atoms with Crippen molar-refractivity contribution < 1.29 is 0 Å². The fraction of sp³-hybridized carbons (Fsp3) is 0.636. The molecule has 0 amide bonds. The third-order valence-corrected chi connectivity index (χ3v) is 2.91. The van der Waals surface area contributed by atoms with Gasteiger partial charge in [-0.1, -0.05) is 24.1 Å². The van der Waals surface area contributed by atoms with Gasteiger partial charge in [-0.3, -0.25) is 5.84 Å². The lowest BCUT2D eigenvalue weighted by Gasteiger charge is -2.22. The SMILES string of the molecule is CCC1=CCC(/C(C)=C/NN)CC1. The Balaban J connectivity index is 2.50. The first-order valence-corrected chi connectivity index (χ1v) is 5.08. The summed E-state index contributed by atoms with van der Waals surface area (Å²) >= 11 is 0. The molecule has 0 aliphatic heterocycles. The molecular formula is C11H20N2. The van der Waals surface area contributed by atoms with Gasteiger partial charge in [0, 0.05) is 6.20 Å². The summed E-state index contributed by atoms with van der Waals surface area (Å²) in [4.78, 5) is 0. The molecule has 0 aromatic heterocycles. The number of rotatable bonds is 3. The minimum Gasteiger partial charge on any atom is -0.331 e. The molecule has 1 aliphatic carbocycles. The van der Waals surface area contributed by atoms with Crippen molar-refractivity contribution in [1.29, 1.82) is 0 Å². The molecule has 2 heteroatoms. The van der Waals surface area contributed by atoms with E-state index < -0.39 is 0 Å². The highest BCUT2D eigenvalue weighted by Gasteiger charge is 2.14. The number of hydrazine groups is 1. The van der Waals surface area contributed by atoms with E-state index in [1.54, 1.807) is 5.57 Å². The summed E-state index contributed by atoms with van der Waals surface area (Å²) in [6.45, 7) is 4.38. The van der Waals surface area contributed by atoms with Crippen molar-refractivity contribution in [2.45, 2.75) is 39.5 Å². The fourth-order valence-electron chi connectivity index (χ4n) is 1.87. The van der Waals surface area contributed by atoms with Crippen LogP contribution in [0.4, 0.5) is 0 Å². The summed E-state index contributed by atoms with van der Waals surface area (Å²) in [6.07, 6.45) is 9.25. The van der Waals surface area contributed by atoms with Crippen LogP contribution in [0.3, 0.4) is 0 Å². The van der Waals surface area contributed by atoms with Crippen LogP contribution in [0.25, 0.3) is 0 Å². The molecule has 13 heavy (non-hydrogen) atoms. The third-order valence-electron chi connectivity index (χ3n) is 2.91. The second-order valence-corrected chi connectivity index (χ2v) is 3.74. The topological polar surface area (TPSA) is 38.0 Å². The molecule has 0 heterocycles. The Morgan fingerprint density at radius 2 is 2.54 bits per heavy atom. The molecule has 74 valence electrons. The Bertz CT molecular complexity index is 216. The molecule has 3 N–H and O–H groups in total. The van der Waals surface area contributed by atoms with Crippen LogP contribution < -0.4 is 11.3 Å². The van der Waals surface area contributed by atoms with Crippen LogP contribution in [0, 0.1) is 5.92 Å². The molecule has 1 aliphatic rings. The van der Waals surface area contributed by atoms with Gasteiger partial charge in [0.1, 0.15) is 0 Å². The zero-order chi connectivity index (χ0) is 9.68. The molecule has 0 aromatic carbocycles. The van der Waals surface area contributed by atoms with E-state index in [0.717, 1.165) is 0 Å². The van der Waals surface area contributed by atoms with Crippen molar-refractivity contribution in [2.75, 3.05) is 0 Å². The molecule has 0 saturated heterocycles. The molecule has 2 nitrogen and oxygen atoms in total. The fourth-order valence-corrected chi connectivity index (χ4v) is 1.87. The Morgan fingerprint density at radius 3 is 3.00 bits per heavy atom. The maximum atomic E-state index is 5.25. The molecule has 0 bridgehead atoms. The van der Waals surface area contributed by atoms with Crippen molar-refractivity contribution in [1.82, 2.24) is 5.43 Å². The molecular weight excluding hydrogens is 160 g/mol. The Labute approximate surface area is 80.9 Å². The van der Waals surface area contributed by atoms with E-state index in [4.69, 9.17) is 5.84 Å². The zero-order valence-corrected chi connectivity index (χ0v) is 8.64. The lowest BCUT2D eigenvalue weighted by molar-refractivity contribution is 0.529. The average molecular weight is 180 g/mol. The van der Waals surface area contributed by atoms with Crippen molar-refractivity contribution >= 4 is 0 Å². The minimum atomic E-state index is 0.700. The van der Waals surface area contributed by atoms with Crippen LogP contribution in [0.1, 0.15) is 39.5 Å². The van der Waals surface area contributed by atoms with Crippen molar-refractivity contribution in [3.05, 3.63) is 23.4 Å². The van der Waals surface area contributed by atoms with E-state index in [1.165, 1.54) is 31.3 Å². The minimum absolute atomic E-state index is 0.700. The molecule has 1 atom stereocenters. The predicted molar refractivity (Wildman–Crippen MR) is 56.8 cm³/mol. The molecule has 0 radical (unpaired) electrons. The van der Waals surface area contributed by atoms with E-state index in [9.17, 15) is 0 Å². The Morgan fingerprint density at radius 1 is 1.77 bits per heavy atom. The molecule has 1 rings (SSSR count). The second kappa shape index (κ2) is 5.07. The van der Waals surface area contributed by atoms with Gasteiger partial charge in [-0.15, -0.1) is 0 Å². The van der Waals surface area contributed by atoms with Gasteiger partial charge in [0.25, 0.3) is 0 Å². The summed E-state index contributed by atoms with van der Waals surface area (Å²) in [7, 11) is 0. The maximum Gasteiger partial charge on any atom is 0.0115 e. The molecule has 0 saturated carbocycles. The van der Waals surface area contributed by atoms with Crippen LogP contribution in [-0.2, 0) is 0 Å². The van der Waals surface area contributed by atoms with E-state index in [1.807, 2.05) is 6.20 Å². The van der Waals surface area contributed by atoms with Crippen molar-refractivity contribution in [2.24, 2.45) is 11.8 Å². The van der Waals surface area contributed by atoms with Crippen LogP contribution in [0.5, 0.6) is 0 Å². The largest absolute Gasteiger partial charge is 0.331 e. The van der Waals surface area contributed by atoms with E-state index >= 15 is 0 Å². The van der Waals surface area contributed by atoms with Gasteiger partial charge in [-0.05, 0) is 38.5 Å². The monoisotopic (exact) mass is 180 g/mol. The second-order valence-electron chi connectivity index (χ2n) is 3.74. The molecule has 0 aromatic rings. The summed E-state index contributed by atoms with van der Waals surface area (Å²) in [5, 5.41) is 0. The van der Waals surface area contributed by atoms with Gasteiger partial charge in [0.15, 0.2) is 0 Å². The van der Waals surface area contributed by atoms with Crippen molar-refractivity contribution in [3.8, 4) is 0 Å². The smallest absolute Gasteiger partial charge is 0.0115 e. The lowest BCUT2D eigenvalue weighted by atomic mass is 9.84. The standard InChI is InChI=1S/C11H20N2/c1-3-10-4-6-11(7-5-10)9(2)8-13-12/h4,8,11,13H,3,5-7,12H2,1-2H3/b9-8+. The summed E-state index contributed by atoms with van der Waals surface area (Å²) < 4.78 is 0.